The molecule has 3 nitrogen and oxygen atoms in total. The summed E-state index contributed by atoms with van der Waals surface area (Å²) < 4.78 is 39.9. The van der Waals surface area contributed by atoms with Gasteiger partial charge in [0.05, 0.1) is 5.69 Å². The van der Waals surface area contributed by atoms with Gasteiger partial charge in [-0.3, -0.25) is 0 Å². The van der Waals surface area contributed by atoms with Gasteiger partial charge in [-0.05, 0) is 12.1 Å². The minimum absolute atomic E-state index is 0.170. The molecule has 6 heteroatoms. The molecule has 0 radical (unpaired) electrons. The highest BCUT2D eigenvalue weighted by molar-refractivity contribution is 5.32. The standard InChI is InChI=1S/C13H14F3N3/c1-12(2,3)10-17-11(13(14,15)16)19(18-10)9-7-5-4-6-8-9/h4-8H,1-3H3. The van der Waals surface area contributed by atoms with Crippen LogP contribution in [0.25, 0.3) is 5.69 Å². The summed E-state index contributed by atoms with van der Waals surface area (Å²) in [6.45, 7) is 5.33. The SMILES string of the molecule is CC(C)(C)c1nc(C(F)(F)F)n(-c2ccccc2)n1. The van der Waals surface area contributed by atoms with Crippen LogP contribution in [0.1, 0.15) is 32.4 Å². The van der Waals surface area contributed by atoms with Gasteiger partial charge < -0.3 is 0 Å². The average Bonchev–Trinajstić information content (AvgIpc) is 2.74. The molecular formula is C13H14F3N3. The largest absolute Gasteiger partial charge is 0.451 e. The van der Waals surface area contributed by atoms with E-state index in [1.165, 1.54) is 0 Å². The number of alkyl halides is 3. The third-order valence-corrected chi connectivity index (χ3v) is 2.53. The molecule has 0 N–H and O–H groups in total. The van der Waals surface area contributed by atoms with Crippen molar-refractivity contribution in [1.29, 1.82) is 0 Å². The molecule has 0 bridgehead atoms. The van der Waals surface area contributed by atoms with E-state index in [0.29, 0.717) is 5.69 Å². The first-order valence-electron chi connectivity index (χ1n) is 5.80. The number of aromatic nitrogens is 3. The number of hydrogen-bond donors (Lipinski definition) is 0. The van der Waals surface area contributed by atoms with Crippen LogP contribution >= 0.6 is 0 Å². The van der Waals surface area contributed by atoms with Gasteiger partial charge in [-0.15, -0.1) is 0 Å². The molecule has 0 saturated carbocycles. The van der Waals surface area contributed by atoms with E-state index in [1.54, 1.807) is 51.1 Å². The molecule has 19 heavy (non-hydrogen) atoms. The minimum Gasteiger partial charge on any atom is -0.209 e. The van der Waals surface area contributed by atoms with Crippen LogP contribution < -0.4 is 0 Å². The second-order valence-corrected chi connectivity index (χ2v) is 5.25. The number of rotatable bonds is 1. The van der Waals surface area contributed by atoms with Crippen molar-refractivity contribution >= 4 is 0 Å². The zero-order chi connectivity index (χ0) is 14.3. The number of halogens is 3. The summed E-state index contributed by atoms with van der Waals surface area (Å²) >= 11 is 0. The molecular weight excluding hydrogens is 255 g/mol. The van der Waals surface area contributed by atoms with Gasteiger partial charge in [0.1, 0.15) is 0 Å². The maximum absolute atomic E-state index is 13.0. The zero-order valence-electron chi connectivity index (χ0n) is 10.9. The normalized spacial score (nSPS) is 12.7. The molecule has 0 unspecified atom stereocenters. The Kier molecular flexibility index (Phi) is 3.12. The van der Waals surface area contributed by atoms with Gasteiger partial charge in [0.2, 0.25) is 5.82 Å². The molecule has 0 aliphatic heterocycles. The fourth-order valence-electron chi connectivity index (χ4n) is 1.56. The second kappa shape index (κ2) is 4.36. The van der Waals surface area contributed by atoms with E-state index in [-0.39, 0.29) is 5.82 Å². The second-order valence-electron chi connectivity index (χ2n) is 5.25. The van der Waals surface area contributed by atoms with Crippen LogP contribution in [0.5, 0.6) is 0 Å². The zero-order valence-corrected chi connectivity index (χ0v) is 10.9. The van der Waals surface area contributed by atoms with Crippen molar-refractivity contribution in [1.82, 2.24) is 14.8 Å². The summed E-state index contributed by atoms with van der Waals surface area (Å²) in [5, 5.41) is 4.00. The average molecular weight is 269 g/mol. The molecule has 0 fully saturated rings. The van der Waals surface area contributed by atoms with E-state index in [9.17, 15) is 13.2 Å². The lowest BCUT2D eigenvalue weighted by Crippen LogP contribution is -2.14. The number of para-hydroxylation sites is 1. The smallest absolute Gasteiger partial charge is 0.209 e. The Bertz CT molecular complexity index is 565. The highest BCUT2D eigenvalue weighted by atomic mass is 19.4. The topological polar surface area (TPSA) is 30.7 Å². The summed E-state index contributed by atoms with van der Waals surface area (Å²) in [6, 6.07) is 8.19. The van der Waals surface area contributed by atoms with Crippen LogP contribution in [-0.4, -0.2) is 14.8 Å². The summed E-state index contributed by atoms with van der Waals surface area (Å²) in [6.07, 6.45) is -4.54. The molecule has 0 aliphatic rings. The van der Waals surface area contributed by atoms with E-state index < -0.39 is 17.4 Å². The third-order valence-electron chi connectivity index (χ3n) is 2.53. The van der Waals surface area contributed by atoms with Crippen molar-refractivity contribution in [3.63, 3.8) is 0 Å². The number of hydrogen-bond acceptors (Lipinski definition) is 2. The van der Waals surface area contributed by atoms with E-state index >= 15 is 0 Å². The predicted octanol–water partition coefficient (Wildman–Crippen LogP) is 3.58. The Morgan fingerprint density at radius 1 is 1.00 bits per heavy atom. The third kappa shape index (κ3) is 2.77. The number of benzene rings is 1. The Morgan fingerprint density at radius 3 is 2.05 bits per heavy atom. The van der Waals surface area contributed by atoms with Crippen LogP contribution in [-0.2, 0) is 11.6 Å². The summed E-state index contributed by atoms with van der Waals surface area (Å²) in [5.41, 5.74) is -0.196. The molecule has 0 spiro atoms. The van der Waals surface area contributed by atoms with E-state index in [1.807, 2.05) is 0 Å². The molecule has 102 valence electrons. The molecule has 0 aliphatic carbocycles. The highest BCUT2D eigenvalue weighted by Gasteiger charge is 2.39. The minimum atomic E-state index is -4.54. The van der Waals surface area contributed by atoms with Crippen molar-refractivity contribution < 1.29 is 13.2 Å². The monoisotopic (exact) mass is 269 g/mol. The van der Waals surface area contributed by atoms with Crippen LogP contribution in [0.15, 0.2) is 30.3 Å². The quantitative estimate of drug-likeness (QED) is 0.792. The molecule has 0 amide bonds. The van der Waals surface area contributed by atoms with Crippen LogP contribution in [0.3, 0.4) is 0 Å². The molecule has 0 atom stereocenters. The summed E-state index contributed by atoms with van der Waals surface area (Å²) in [5.74, 6) is -0.827. The van der Waals surface area contributed by atoms with Gasteiger partial charge in [-0.2, -0.15) is 18.3 Å². The Balaban J connectivity index is 2.63. The summed E-state index contributed by atoms with van der Waals surface area (Å²) in [4.78, 5) is 3.66. The molecule has 2 rings (SSSR count). The van der Waals surface area contributed by atoms with Crippen molar-refractivity contribution in [3.05, 3.63) is 42.0 Å². The molecule has 0 saturated heterocycles. The van der Waals surface area contributed by atoms with Crippen LogP contribution in [0, 0.1) is 0 Å². The van der Waals surface area contributed by atoms with Gasteiger partial charge in [0.25, 0.3) is 0 Å². The van der Waals surface area contributed by atoms with Gasteiger partial charge in [-0.1, -0.05) is 39.0 Å². The Labute approximate surface area is 109 Å². The number of nitrogens with zero attached hydrogens (tertiary/aromatic N) is 3. The molecule has 1 aromatic carbocycles. The maximum Gasteiger partial charge on any atom is 0.451 e. The molecule has 1 aromatic heterocycles. The van der Waals surface area contributed by atoms with E-state index in [2.05, 4.69) is 10.1 Å². The van der Waals surface area contributed by atoms with Crippen molar-refractivity contribution in [3.8, 4) is 5.69 Å². The first-order chi connectivity index (χ1) is 8.69. The summed E-state index contributed by atoms with van der Waals surface area (Å²) in [7, 11) is 0. The van der Waals surface area contributed by atoms with Gasteiger partial charge >= 0.3 is 6.18 Å². The first-order valence-corrected chi connectivity index (χ1v) is 5.80. The first kappa shape index (κ1) is 13.6. The van der Waals surface area contributed by atoms with Crippen molar-refractivity contribution in [2.24, 2.45) is 0 Å². The lowest BCUT2D eigenvalue weighted by atomic mass is 9.96. The van der Waals surface area contributed by atoms with E-state index in [0.717, 1.165) is 4.68 Å². The van der Waals surface area contributed by atoms with Gasteiger partial charge in [0, 0.05) is 5.41 Å². The van der Waals surface area contributed by atoms with Crippen LogP contribution in [0.2, 0.25) is 0 Å². The Morgan fingerprint density at radius 2 is 1.58 bits per heavy atom. The van der Waals surface area contributed by atoms with Crippen molar-refractivity contribution in [2.45, 2.75) is 32.4 Å². The van der Waals surface area contributed by atoms with Crippen molar-refractivity contribution in [2.75, 3.05) is 0 Å². The van der Waals surface area contributed by atoms with Crippen LogP contribution in [0.4, 0.5) is 13.2 Å². The molecule has 2 aromatic rings. The van der Waals surface area contributed by atoms with Gasteiger partial charge in [0.15, 0.2) is 5.82 Å². The maximum atomic E-state index is 13.0. The Hall–Kier alpha value is -1.85. The predicted molar refractivity (Wildman–Crippen MR) is 65.1 cm³/mol. The lowest BCUT2D eigenvalue weighted by Gasteiger charge is -2.12. The fourth-order valence-corrected chi connectivity index (χ4v) is 1.56. The fraction of sp³-hybridized carbons (Fsp3) is 0.385. The highest BCUT2D eigenvalue weighted by Crippen LogP contribution is 2.31. The molecule has 1 heterocycles. The lowest BCUT2D eigenvalue weighted by molar-refractivity contribution is -0.146. The van der Waals surface area contributed by atoms with Gasteiger partial charge in [-0.25, -0.2) is 9.67 Å². The van der Waals surface area contributed by atoms with E-state index in [4.69, 9.17) is 0 Å².